The molecule has 0 heterocycles. The van der Waals surface area contributed by atoms with Gasteiger partial charge in [-0.1, -0.05) is 48.5 Å². The number of nitrogens with one attached hydrogen (secondary N) is 1. The highest BCUT2D eigenvalue weighted by Gasteiger charge is 2.24. The molecule has 0 fully saturated rings. The van der Waals surface area contributed by atoms with Gasteiger partial charge in [0.1, 0.15) is 11.8 Å². The first kappa shape index (κ1) is 21.8. The van der Waals surface area contributed by atoms with E-state index in [9.17, 15) is 14.4 Å². The summed E-state index contributed by atoms with van der Waals surface area (Å²) in [4.78, 5) is 37.7. The maximum absolute atomic E-state index is 12.7. The highest BCUT2D eigenvalue weighted by atomic mass is 16.5. The third-order valence-corrected chi connectivity index (χ3v) is 4.67. The number of hydrogen-bond acceptors (Lipinski definition) is 5. The Morgan fingerprint density at radius 1 is 0.806 bits per heavy atom. The maximum Gasteiger partial charge on any atom is 0.329 e. The van der Waals surface area contributed by atoms with Crippen LogP contribution < -0.4 is 10.1 Å². The fourth-order valence-electron chi connectivity index (χ4n) is 2.97. The Bertz CT molecular complexity index is 1020. The molecule has 0 radical (unpaired) electrons. The number of rotatable bonds is 9. The smallest absolute Gasteiger partial charge is 0.329 e. The van der Waals surface area contributed by atoms with Gasteiger partial charge < -0.3 is 14.8 Å². The summed E-state index contributed by atoms with van der Waals surface area (Å²) in [6.45, 7) is -0.419. The molecule has 31 heavy (non-hydrogen) atoms. The number of hydrogen-bond donors (Lipinski definition) is 1. The minimum absolute atomic E-state index is 0.245. The summed E-state index contributed by atoms with van der Waals surface area (Å²) in [5.74, 6) is -0.779. The van der Waals surface area contributed by atoms with Crippen LogP contribution in [0.4, 0.5) is 0 Å². The van der Waals surface area contributed by atoms with Crippen molar-refractivity contribution in [2.75, 3.05) is 13.7 Å². The molecule has 1 amide bonds. The van der Waals surface area contributed by atoms with E-state index in [1.54, 1.807) is 54.6 Å². The molecule has 0 aliphatic heterocycles. The zero-order valence-electron chi connectivity index (χ0n) is 17.1. The summed E-state index contributed by atoms with van der Waals surface area (Å²) in [7, 11) is 1.54. The van der Waals surface area contributed by atoms with Gasteiger partial charge in [-0.2, -0.15) is 0 Å². The molecule has 0 saturated heterocycles. The van der Waals surface area contributed by atoms with E-state index in [-0.39, 0.29) is 18.1 Å². The van der Waals surface area contributed by atoms with Crippen molar-refractivity contribution in [2.24, 2.45) is 0 Å². The molecule has 6 heteroatoms. The Morgan fingerprint density at radius 3 is 2.03 bits per heavy atom. The minimum Gasteiger partial charge on any atom is -0.497 e. The molecule has 1 N–H and O–H groups in total. The zero-order chi connectivity index (χ0) is 22.1. The highest BCUT2D eigenvalue weighted by Crippen LogP contribution is 2.12. The van der Waals surface area contributed by atoms with Crippen molar-refractivity contribution >= 4 is 17.7 Å². The third-order valence-electron chi connectivity index (χ3n) is 4.67. The molecule has 0 aromatic heterocycles. The minimum atomic E-state index is -0.932. The van der Waals surface area contributed by atoms with Gasteiger partial charge in [-0.15, -0.1) is 0 Å². The van der Waals surface area contributed by atoms with Crippen molar-refractivity contribution in [3.63, 3.8) is 0 Å². The molecule has 3 aromatic carbocycles. The second-order valence-corrected chi connectivity index (χ2v) is 6.84. The molecule has 158 valence electrons. The second kappa shape index (κ2) is 10.7. The van der Waals surface area contributed by atoms with Crippen molar-refractivity contribution in [3.05, 3.63) is 102 Å². The van der Waals surface area contributed by atoms with Gasteiger partial charge in [0, 0.05) is 17.5 Å². The largest absolute Gasteiger partial charge is 0.497 e. The van der Waals surface area contributed by atoms with Crippen molar-refractivity contribution < 1.29 is 23.9 Å². The van der Waals surface area contributed by atoms with Gasteiger partial charge in [-0.05, 0) is 42.0 Å². The lowest BCUT2D eigenvalue weighted by molar-refractivity contribution is -0.144. The average molecular weight is 417 g/mol. The Kier molecular flexibility index (Phi) is 7.54. The van der Waals surface area contributed by atoms with E-state index in [4.69, 9.17) is 9.47 Å². The van der Waals surface area contributed by atoms with E-state index in [0.717, 1.165) is 5.56 Å². The number of methoxy groups -OCH3 is 1. The molecule has 3 aromatic rings. The zero-order valence-corrected chi connectivity index (χ0v) is 17.1. The average Bonchev–Trinajstić information content (AvgIpc) is 2.83. The van der Waals surface area contributed by atoms with Gasteiger partial charge in [0.05, 0.1) is 7.11 Å². The van der Waals surface area contributed by atoms with Crippen LogP contribution in [-0.2, 0) is 16.0 Å². The van der Waals surface area contributed by atoms with Crippen LogP contribution >= 0.6 is 0 Å². The van der Waals surface area contributed by atoms with Crippen molar-refractivity contribution in [1.82, 2.24) is 5.32 Å². The van der Waals surface area contributed by atoms with Crippen LogP contribution in [0.2, 0.25) is 0 Å². The van der Waals surface area contributed by atoms with E-state index in [0.29, 0.717) is 16.9 Å². The molecular formula is C25H23NO5. The quantitative estimate of drug-likeness (QED) is 0.426. The lowest BCUT2D eigenvalue weighted by atomic mass is 10.1. The van der Waals surface area contributed by atoms with Crippen LogP contribution in [0.15, 0.2) is 84.9 Å². The van der Waals surface area contributed by atoms with Crippen LogP contribution in [0.25, 0.3) is 0 Å². The van der Waals surface area contributed by atoms with E-state index in [1.807, 2.05) is 30.3 Å². The number of Topliss-reactive ketones (excluding diaryl/α,β-unsaturated/α-hetero) is 1. The molecule has 0 aliphatic carbocycles. The van der Waals surface area contributed by atoms with Crippen LogP contribution in [0.3, 0.4) is 0 Å². The van der Waals surface area contributed by atoms with E-state index in [1.165, 1.54) is 7.11 Å². The van der Waals surface area contributed by atoms with Gasteiger partial charge >= 0.3 is 5.97 Å². The summed E-state index contributed by atoms with van der Waals surface area (Å²) in [5, 5.41) is 2.72. The normalized spacial score (nSPS) is 11.3. The third kappa shape index (κ3) is 6.27. The van der Waals surface area contributed by atoms with Crippen LogP contribution in [0.1, 0.15) is 26.3 Å². The topological polar surface area (TPSA) is 81.7 Å². The van der Waals surface area contributed by atoms with Crippen molar-refractivity contribution in [3.8, 4) is 5.75 Å². The van der Waals surface area contributed by atoms with Crippen LogP contribution in [-0.4, -0.2) is 37.4 Å². The molecule has 0 spiro atoms. The Balaban J connectivity index is 1.67. The number of esters is 1. The lowest BCUT2D eigenvalue weighted by Crippen LogP contribution is -2.43. The molecule has 3 rings (SSSR count). The lowest BCUT2D eigenvalue weighted by Gasteiger charge is -2.18. The van der Waals surface area contributed by atoms with E-state index < -0.39 is 18.6 Å². The standard InChI is InChI=1S/C25H23NO5/c1-30-21-14-12-19(13-15-21)23(27)17-31-25(29)22(16-18-8-4-2-5-9-18)26-24(28)20-10-6-3-7-11-20/h2-15,22H,16-17H2,1H3,(H,26,28)/t22-/m0/s1. The predicted octanol–water partition coefficient (Wildman–Crippen LogP) is 3.46. The molecule has 6 nitrogen and oxygen atoms in total. The second-order valence-electron chi connectivity index (χ2n) is 6.84. The van der Waals surface area contributed by atoms with Gasteiger partial charge in [-0.25, -0.2) is 4.79 Å². The molecule has 1 atom stereocenters. The van der Waals surface area contributed by atoms with E-state index in [2.05, 4.69) is 5.32 Å². The van der Waals surface area contributed by atoms with Crippen molar-refractivity contribution in [1.29, 1.82) is 0 Å². The SMILES string of the molecule is COc1ccc(C(=O)COC(=O)[C@H](Cc2ccccc2)NC(=O)c2ccccc2)cc1. The first-order valence-corrected chi connectivity index (χ1v) is 9.80. The Labute approximate surface area is 180 Å². The molecule has 0 unspecified atom stereocenters. The number of benzene rings is 3. The molecule has 0 aliphatic rings. The van der Waals surface area contributed by atoms with Gasteiger partial charge in [0.15, 0.2) is 12.4 Å². The molecule has 0 saturated carbocycles. The summed E-state index contributed by atoms with van der Waals surface area (Å²) < 4.78 is 10.3. The number of carbonyl (C=O) groups is 3. The first-order chi connectivity index (χ1) is 15.1. The fraction of sp³-hybridized carbons (Fsp3) is 0.160. The number of amides is 1. The highest BCUT2D eigenvalue weighted by molar-refractivity contribution is 5.99. The fourth-order valence-corrected chi connectivity index (χ4v) is 2.97. The summed E-state index contributed by atoms with van der Waals surface area (Å²) >= 11 is 0. The van der Waals surface area contributed by atoms with Gasteiger partial charge in [0.2, 0.25) is 0 Å². The summed E-state index contributed by atoms with van der Waals surface area (Å²) in [5.41, 5.74) is 1.70. The van der Waals surface area contributed by atoms with Crippen LogP contribution in [0, 0.1) is 0 Å². The van der Waals surface area contributed by atoms with Crippen LogP contribution in [0.5, 0.6) is 5.75 Å². The summed E-state index contributed by atoms with van der Waals surface area (Å²) in [6.07, 6.45) is 0.245. The van der Waals surface area contributed by atoms with Gasteiger partial charge in [-0.3, -0.25) is 9.59 Å². The van der Waals surface area contributed by atoms with Crippen molar-refractivity contribution in [2.45, 2.75) is 12.5 Å². The monoisotopic (exact) mass is 417 g/mol. The summed E-state index contributed by atoms with van der Waals surface area (Å²) in [6, 6.07) is 23.5. The number of ketones is 1. The Hall–Kier alpha value is -3.93. The molecule has 0 bridgehead atoms. The predicted molar refractivity (Wildman–Crippen MR) is 116 cm³/mol. The van der Waals surface area contributed by atoms with Gasteiger partial charge in [0.25, 0.3) is 5.91 Å². The maximum atomic E-state index is 12.7. The van der Waals surface area contributed by atoms with E-state index >= 15 is 0 Å². The number of ether oxygens (including phenoxy) is 2. The Morgan fingerprint density at radius 2 is 1.42 bits per heavy atom. The molecular weight excluding hydrogens is 394 g/mol. The number of carbonyl (C=O) groups excluding carboxylic acids is 3. The first-order valence-electron chi connectivity index (χ1n) is 9.80.